The van der Waals surface area contributed by atoms with E-state index in [1.807, 2.05) is 0 Å². The number of ketones is 1. The van der Waals surface area contributed by atoms with Crippen LogP contribution in [0, 0.1) is 0 Å². The van der Waals surface area contributed by atoms with Crippen molar-refractivity contribution in [2.75, 3.05) is 19.7 Å². The van der Waals surface area contributed by atoms with Gasteiger partial charge in [-0.05, 0) is 44.0 Å². The van der Waals surface area contributed by atoms with Crippen LogP contribution < -0.4 is 0 Å². The number of Topliss-reactive ketones (excluding diaryl/α,β-unsaturated/α-hetero) is 1. The summed E-state index contributed by atoms with van der Waals surface area (Å²) in [6.45, 7) is 2.36. The Balaban J connectivity index is 2.04. The van der Waals surface area contributed by atoms with Gasteiger partial charge in [0.15, 0.2) is 12.4 Å². The first-order valence-electron chi connectivity index (χ1n) is 7.38. The molecule has 0 bridgehead atoms. The van der Waals surface area contributed by atoms with Crippen molar-refractivity contribution in [3.63, 3.8) is 0 Å². The SMILES string of the molecule is C/C=C/C(=O)OCC(=O)c1ccc(S(=O)(=O)N2CCCC2)cc1. The highest BCUT2D eigenvalue weighted by molar-refractivity contribution is 7.89. The number of esters is 1. The molecule has 1 saturated heterocycles. The maximum atomic E-state index is 12.4. The number of carbonyl (C=O) groups is 2. The van der Waals surface area contributed by atoms with Crippen molar-refractivity contribution in [1.29, 1.82) is 0 Å². The van der Waals surface area contributed by atoms with Crippen molar-refractivity contribution in [3.05, 3.63) is 42.0 Å². The summed E-state index contributed by atoms with van der Waals surface area (Å²) in [5, 5.41) is 0. The lowest BCUT2D eigenvalue weighted by Gasteiger charge is -2.15. The molecule has 0 unspecified atom stereocenters. The Labute approximate surface area is 135 Å². The van der Waals surface area contributed by atoms with E-state index in [1.54, 1.807) is 6.92 Å². The van der Waals surface area contributed by atoms with E-state index >= 15 is 0 Å². The Hall–Kier alpha value is -1.99. The number of ether oxygens (including phenoxy) is 1. The van der Waals surface area contributed by atoms with Crippen LogP contribution in [0.3, 0.4) is 0 Å². The van der Waals surface area contributed by atoms with E-state index < -0.39 is 16.0 Å². The fourth-order valence-electron chi connectivity index (χ4n) is 2.29. The van der Waals surface area contributed by atoms with Gasteiger partial charge in [0, 0.05) is 24.7 Å². The topological polar surface area (TPSA) is 80.8 Å². The number of hydrogen-bond donors (Lipinski definition) is 0. The van der Waals surface area contributed by atoms with Crippen molar-refractivity contribution in [2.45, 2.75) is 24.7 Å². The number of nitrogens with zero attached hydrogens (tertiary/aromatic N) is 1. The van der Waals surface area contributed by atoms with Gasteiger partial charge in [0.1, 0.15) is 0 Å². The molecule has 7 heteroatoms. The van der Waals surface area contributed by atoms with Gasteiger partial charge >= 0.3 is 5.97 Å². The molecule has 0 aromatic heterocycles. The van der Waals surface area contributed by atoms with Gasteiger partial charge in [-0.15, -0.1) is 0 Å². The second-order valence-electron chi connectivity index (χ2n) is 5.17. The van der Waals surface area contributed by atoms with Gasteiger partial charge in [0.2, 0.25) is 10.0 Å². The zero-order chi connectivity index (χ0) is 16.9. The van der Waals surface area contributed by atoms with Crippen molar-refractivity contribution in [1.82, 2.24) is 4.31 Å². The molecule has 6 nitrogen and oxygen atoms in total. The van der Waals surface area contributed by atoms with Crippen LogP contribution in [0.2, 0.25) is 0 Å². The van der Waals surface area contributed by atoms with Crippen LogP contribution in [0.25, 0.3) is 0 Å². The van der Waals surface area contributed by atoms with Gasteiger partial charge in [-0.2, -0.15) is 4.31 Å². The Kier molecular flexibility index (Phi) is 5.68. The average Bonchev–Trinajstić information content (AvgIpc) is 3.08. The number of hydrogen-bond acceptors (Lipinski definition) is 5. The first-order chi connectivity index (χ1) is 10.9. The number of benzene rings is 1. The van der Waals surface area contributed by atoms with Crippen LogP contribution in [0.5, 0.6) is 0 Å². The highest BCUT2D eigenvalue weighted by atomic mass is 32.2. The van der Waals surface area contributed by atoms with Gasteiger partial charge in [0.25, 0.3) is 0 Å². The highest BCUT2D eigenvalue weighted by Gasteiger charge is 2.27. The fraction of sp³-hybridized carbons (Fsp3) is 0.375. The van der Waals surface area contributed by atoms with E-state index in [4.69, 9.17) is 4.74 Å². The lowest BCUT2D eigenvalue weighted by Crippen LogP contribution is -2.27. The molecule has 23 heavy (non-hydrogen) atoms. The third kappa shape index (κ3) is 4.27. The zero-order valence-electron chi connectivity index (χ0n) is 12.9. The third-order valence-electron chi connectivity index (χ3n) is 3.53. The van der Waals surface area contributed by atoms with Gasteiger partial charge in [0.05, 0.1) is 4.90 Å². The van der Waals surface area contributed by atoms with E-state index in [9.17, 15) is 18.0 Å². The van der Waals surface area contributed by atoms with Crippen LogP contribution in [0.4, 0.5) is 0 Å². The molecular formula is C16H19NO5S. The van der Waals surface area contributed by atoms with E-state index in [0.717, 1.165) is 12.8 Å². The maximum Gasteiger partial charge on any atom is 0.330 e. The van der Waals surface area contributed by atoms with Crippen molar-refractivity contribution in [2.24, 2.45) is 0 Å². The predicted octanol–water partition coefficient (Wildman–Crippen LogP) is 1.77. The first-order valence-corrected chi connectivity index (χ1v) is 8.82. The molecule has 124 valence electrons. The molecule has 1 aromatic carbocycles. The molecule has 2 rings (SSSR count). The Morgan fingerprint density at radius 3 is 2.35 bits per heavy atom. The summed E-state index contributed by atoms with van der Waals surface area (Å²) in [7, 11) is -3.49. The standard InChI is InChI=1S/C16H19NO5S/c1-2-5-16(19)22-12-15(18)13-6-8-14(9-7-13)23(20,21)17-10-3-4-11-17/h2,5-9H,3-4,10-12H2,1H3/b5-2+. The predicted molar refractivity (Wildman–Crippen MR) is 84.5 cm³/mol. The van der Waals surface area contributed by atoms with Crippen molar-refractivity contribution in [3.8, 4) is 0 Å². The van der Waals surface area contributed by atoms with Crippen LogP contribution in [-0.4, -0.2) is 44.2 Å². The van der Waals surface area contributed by atoms with Gasteiger partial charge in [-0.1, -0.05) is 6.08 Å². The lowest BCUT2D eigenvalue weighted by molar-refractivity contribution is -0.136. The van der Waals surface area contributed by atoms with Crippen molar-refractivity contribution < 1.29 is 22.7 Å². The quantitative estimate of drug-likeness (QED) is 0.449. The molecule has 1 aliphatic rings. The number of rotatable bonds is 6. The Bertz CT molecular complexity index is 700. The summed E-state index contributed by atoms with van der Waals surface area (Å²) in [6, 6.07) is 5.70. The minimum atomic E-state index is -3.49. The van der Waals surface area contributed by atoms with Gasteiger partial charge in [-0.25, -0.2) is 13.2 Å². The molecule has 1 aromatic rings. The van der Waals surface area contributed by atoms with Gasteiger partial charge < -0.3 is 4.74 Å². The molecule has 0 N–H and O–H groups in total. The summed E-state index contributed by atoms with van der Waals surface area (Å²) >= 11 is 0. The second-order valence-corrected chi connectivity index (χ2v) is 7.10. The number of carbonyl (C=O) groups excluding carboxylic acids is 2. The molecule has 1 aliphatic heterocycles. The van der Waals surface area contributed by atoms with Crippen molar-refractivity contribution >= 4 is 21.8 Å². The number of allylic oxidation sites excluding steroid dienone is 1. The molecule has 1 fully saturated rings. The van der Waals surface area contributed by atoms with Crippen LogP contribution in [0.15, 0.2) is 41.3 Å². The lowest BCUT2D eigenvalue weighted by atomic mass is 10.1. The van der Waals surface area contributed by atoms with E-state index in [0.29, 0.717) is 18.7 Å². The van der Waals surface area contributed by atoms with Crippen LogP contribution >= 0.6 is 0 Å². The van der Waals surface area contributed by atoms with Gasteiger partial charge in [-0.3, -0.25) is 4.79 Å². The third-order valence-corrected chi connectivity index (χ3v) is 5.44. The molecular weight excluding hydrogens is 318 g/mol. The maximum absolute atomic E-state index is 12.4. The van der Waals surface area contributed by atoms with Crippen LogP contribution in [-0.2, 0) is 19.6 Å². The summed E-state index contributed by atoms with van der Waals surface area (Å²) in [4.78, 5) is 23.2. The normalized spacial score (nSPS) is 15.9. The summed E-state index contributed by atoms with van der Waals surface area (Å²) < 4.78 is 31.0. The highest BCUT2D eigenvalue weighted by Crippen LogP contribution is 2.21. The molecule has 0 saturated carbocycles. The molecule has 0 atom stereocenters. The largest absolute Gasteiger partial charge is 0.454 e. The fourth-order valence-corrected chi connectivity index (χ4v) is 3.81. The zero-order valence-corrected chi connectivity index (χ0v) is 13.7. The van der Waals surface area contributed by atoms with E-state index in [1.165, 1.54) is 40.7 Å². The summed E-state index contributed by atoms with van der Waals surface area (Å²) in [6.07, 6.45) is 4.48. The second kappa shape index (κ2) is 7.52. The summed E-state index contributed by atoms with van der Waals surface area (Å²) in [5.41, 5.74) is 0.304. The number of sulfonamides is 1. The Morgan fingerprint density at radius 2 is 1.78 bits per heavy atom. The molecule has 1 heterocycles. The molecule has 0 aliphatic carbocycles. The minimum absolute atomic E-state index is 0.168. The molecule has 0 radical (unpaired) electrons. The smallest absolute Gasteiger partial charge is 0.330 e. The van der Waals surface area contributed by atoms with E-state index in [2.05, 4.69) is 0 Å². The Morgan fingerprint density at radius 1 is 1.17 bits per heavy atom. The first kappa shape index (κ1) is 17.4. The molecule has 0 amide bonds. The summed E-state index contributed by atoms with van der Waals surface area (Å²) in [5.74, 6) is -0.970. The van der Waals surface area contributed by atoms with E-state index in [-0.39, 0.29) is 17.3 Å². The average molecular weight is 337 g/mol. The van der Waals surface area contributed by atoms with Crippen LogP contribution in [0.1, 0.15) is 30.1 Å². The minimum Gasteiger partial charge on any atom is -0.454 e. The molecule has 0 spiro atoms. The monoisotopic (exact) mass is 337 g/mol.